The van der Waals surface area contributed by atoms with Gasteiger partial charge < -0.3 is 21.1 Å². The van der Waals surface area contributed by atoms with E-state index in [1.54, 1.807) is 4.90 Å². The van der Waals surface area contributed by atoms with Crippen LogP contribution < -0.4 is 11.1 Å². The van der Waals surface area contributed by atoms with Gasteiger partial charge >= 0.3 is 0 Å². The van der Waals surface area contributed by atoms with Gasteiger partial charge in [-0.1, -0.05) is 50.2 Å². The number of benzene rings is 1. The summed E-state index contributed by atoms with van der Waals surface area (Å²) in [6.07, 6.45) is -0.772. The van der Waals surface area contributed by atoms with Crippen molar-refractivity contribution in [2.24, 2.45) is 11.7 Å². The monoisotopic (exact) mass is 425 g/mol. The molecule has 0 bridgehead atoms. The second-order valence-electron chi connectivity index (χ2n) is 6.78. The highest BCUT2D eigenvalue weighted by atomic mass is 35.5. The Kier molecular flexibility index (Phi) is 10.2. The Morgan fingerprint density at radius 3 is 2.43 bits per heavy atom. The molecule has 154 valence electrons. The summed E-state index contributed by atoms with van der Waals surface area (Å²) in [4.78, 5) is 27.1. The lowest BCUT2D eigenvalue weighted by Crippen LogP contribution is -2.48. The van der Waals surface area contributed by atoms with Crippen molar-refractivity contribution < 1.29 is 14.7 Å². The highest BCUT2D eigenvalue weighted by Gasteiger charge is 2.22. The molecule has 1 aromatic carbocycles. The molecule has 0 fully saturated rings. The first-order valence-corrected chi connectivity index (χ1v) is 9.83. The Morgan fingerprint density at radius 1 is 1.18 bits per heavy atom. The van der Waals surface area contributed by atoms with E-state index >= 15 is 0 Å². The van der Waals surface area contributed by atoms with Crippen LogP contribution in [0.25, 0.3) is 0 Å². The van der Waals surface area contributed by atoms with Gasteiger partial charge in [-0.05, 0) is 22.9 Å². The van der Waals surface area contributed by atoms with E-state index in [0.717, 1.165) is 10.4 Å². The topological polar surface area (TPSA) is 95.7 Å². The van der Waals surface area contributed by atoms with Gasteiger partial charge in [0.15, 0.2) is 0 Å². The molecule has 1 unspecified atom stereocenters. The van der Waals surface area contributed by atoms with Crippen molar-refractivity contribution in [1.82, 2.24) is 10.2 Å². The first-order valence-electron chi connectivity index (χ1n) is 8.95. The largest absolute Gasteiger partial charge is 0.386 e. The number of hydrogen-bond donors (Lipinski definition) is 3. The maximum atomic E-state index is 12.7. The van der Waals surface area contributed by atoms with Gasteiger partial charge in [0.1, 0.15) is 6.10 Å². The number of halogens is 1. The van der Waals surface area contributed by atoms with Gasteiger partial charge in [0.2, 0.25) is 11.8 Å². The lowest BCUT2D eigenvalue weighted by atomic mass is 10.1. The molecule has 2 aromatic rings. The molecule has 1 heterocycles. The van der Waals surface area contributed by atoms with Crippen LogP contribution in [0.2, 0.25) is 0 Å². The van der Waals surface area contributed by atoms with Gasteiger partial charge in [-0.2, -0.15) is 0 Å². The van der Waals surface area contributed by atoms with Crippen molar-refractivity contribution in [1.29, 1.82) is 0 Å². The molecule has 4 N–H and O–H groups in total. The Morgan fingerprint density at radius 2 is 1.86 bits per heavy atom. The standard InChI is InChI=1S/C20H27N3O3S.ClH/c1-14(2)19(21)20(26)22-11-18(25)23(12-15-7-4-3-5-8-15)13-16(24)17-9-6-10-27-17;/h3-10,14,16,19,24H,11-13,21H2,1-2H3,(H,22,26);1H/t16?,19-;/m0./s1. The number of carbonyl (C=O) groups is 2. The number of amides is 2. The second-order valence-corrected chi connectivity index (χ2v) is 7.76. The smallest absolute Gasteiger partial charge is 0.242 e. The molecule has 1 aromatic heterocycles. The van der Waals surface area contributed by atoms with E-state index in [4.69, 9.17) is 5.73 Å². The molecule has 0 spiro atoms. The van der Waals surface area contributed by atoms with Crippen molar-refractivity contribution in [2.45, 2.75) is 32.5 Å². The average molecular weight is 426 g/mol. The summed E-state index contributed by atoms with van der Waals surface area (Å²) >= 11 is 1.44. The number of thiophene rings is 1. The summed E-state index contributed by atoms with van der Waals surface area (Å²) in [7, 11) is 0. The number of nitrogens with one attached hydrogen (secondary N) is 1. The van der Waals surface area contributed by atoms with Gasteiger partial charge in [-0.3, -0.25) is 9.59 Å². The fourth-order valence-electron chi connectivity index (χ4n) is 2.53. The minimum atomic E-state index is -0.772. The van der Waals surface area contributed by atoms with Crippen molar-refractivity contribution in [3.63, 3.8) is 0 Å². The van der Waals surface area contributed by atoms with Crippen LogP contribution in [0.4, 0.5) is 0 Å². The van der Waals surface area contributed by atoms with Gasteiger partial charge in [0.25, 0.3) is 0 Å². The molecule has 2 amide bonds. The number of aliphatic hydroxyl groups excluding tert-OH is 1. The number of hydrogen-bond acceptors (Lipinski definition) is 5. The molecular formula is C20H28ClN3O3S. The molecule has 0 saturated heterocycles. The van der Waals surface area contributed by atoms with Gasteiger partial charge in [0.05, 0.1) is 19.1 Å². The normalized spacial score (nSPS) is 12.8. The summed E-state index contributed by atoms with van der Waals surface area (Å²) in [5, 5.41) is 14.9. The molecule has 2 rings (SSSR count). The summed E-state index contributed by atoms with van der Waals surface area (Å²) in [6.45, 7) is 4.06. The van der Waals surface area contributed by atoms with E-state index in [0.29, 0.717) is 6.54 Å². The molecule has 0 radical (unpaired) electrons. The summed E-state index contributed by atoms with van der Waals surface area (Å²) in [5.41, 5.74) is 6.77. The molecule has 0 aliphatic rings. The van der Waals surface area contributed by atoms with E-state index in [1.807, 2.05) is 61.7 Å². The van der Waals surface area contributed by atoms with E-state index < -0.39 is 12.1 Å². The maximum absolute atomic E-state index is 12.7. The Bertz CT molecular complexity index is 726. The third-order valence-electron chi connectivity index (χ3n) is 4.27. The SMILES string of the molecule is CC(C)[C@H](N)C(=O)NCC(=O)N(Cc1ccccc1)CC(O)c1cccs1.Cl. The van der Waals surface area contributed by atoms with Gasteiger partial charge in [-0.15, -0.1) is 23.7 Å². The maximum Gasteiger partial charge on any atom is 0.242 e. The molecule has 2 atom stereocenters. The van der Waals surface area contributed by atoms with Crippen LogP contribution in [-0.4, -0.2) is 41.0 Å². The third-order valence-corrected chi connectivity index (χ3v) is 5.24. The highest BCUT2D eigenvalue weighted by Crippen LogP contribution is 2.20. The summed E-state index contributed by atoms with van der Waals surface area (Å²) < 4.78 is 0. The highest BCUT2D eigenvalue weighted by molar-refractivity contribution is 7.10. The summed E-state index contributed by atoms with van der Waals surface area (Å²) in [6, 6.07) is 12.6. The van der Waals surface area contributed by atoms with Crippen LogP contribution in [0.5, 0.6) is 0 Å². The zero-order valence-corrected chi connectivity index (χ0v) is 17.7. The van der Waals surface area contributed by atoms with Crippen LogP contribution in [-0.2, 0) is 16.1 Å². The van der Waals surface area contributed by atoms with Gasteiger partial charge in [0, 0.05) is 11.4 Å². The summed E-state index contributed by atoms with van der Waals surface area (Å²) in [5.74, 6) is -0.628. The first-order chi connectivity index (χ1) is 12.9. The molecule has 0 aliphatic carbocycles. The second kappa shape index (κ2) is 11.8. The van der Waals surface area contributed by atoms with Crippen molar-refractivity contribution in [3.8, 4) is 0 Å². The van der Waals surface area contributed by atoms with E-state index in [2.05, 4.69) is 5.32 Å². The Labute approximate surface area is 176 Å². The fraction of sp³-hybridized carbons (Fsp3) is 0.400. The van der Waals surface area contributed by atoms with Crippen LogP contribution in [0, 0.1) is 5.92 Å². The van der Waals surface area contributed by atoms with Crippen LogP contribution in [0.3, 0.4) is 0 Å². The van der Waals surface area contributed by atoms with E-state index in [-0.39, 0.29) is 43.2 Å². The zero-order chi connectivity index (χ0) is 19.8. The van der Waals surface area contributed by atoms with Crippen LogP contribution in [0.1, 0.15) is 30.4 Å². The predicted octanol–water partition coefficient (Wildman–Crippen LogP) is 2.33. The first kappa shape index (κ1) is 24.1. The fourth-order valence-corrected chi connectivity index (χ4v) is 3.24. The number of nitrogens with zero attached hydrogens (tertiary/aromatic N) is 1. The Balaban J connectivity index is 0.00000392. The molecule has 6 nitrogen and oxygen atoms in total. The van der Waals surface area contributed by atoms with Crippen molar-refractivity contribution >= 4 is 35.6 Å². The van der Waals surface area contributed by atoms with Crippen molar-refractivity contribution in [2.75, 3.05) is 13.1 Å². The quantitative estimate of drug-likeness (QED) is 0.574. The minimum Gasteiger partial charge on any atom is -0.386 e. The number of nitrogens with two attached hydrogens (primary N) is 1. The van der Waals surface area contributed by atoms with Crippen molar-refractivity contribution in [3.05, 3.63) is 58.3 Å². The number of carbonyl (C=O) groups excluding carboxylic acids is 2. The van der Waals surface area contributed by atoms with Gasteiger partial charge in [-0.25, -0.2) is 0 Å². The van der Waals surface area contributed by atoms with Crippen LogP contribution >= 0.6 is 23.7 Å². The lowest BCUT2D eigenvalue weighted by molar-refractivity contribution is -0.135. The van der Waals surface area contributed by atoms with E-state index in [1.165, 1.54) is 11.3 Å². The third kappa shape index (κ3) is 7.24. The van der Waals surface area contributed by atoms with E-state index in [9.17, 15) is 14.7 Å². The average Bonchev–Trinajstić information content (AvgIpc) is 3.20. The minimum absolute atomic E-state index is 0. The number of aliphatic hydroxyl groups is 1. The van der Waals surface area contributed by atoms with Crippen LogP contribution in [0.15, 0.2) is 47.8 Å². The molecular weight excluding hydrogens is 398 g/mol. The lowest BCUT2D eigenvalue weighted by Gasteiger charge is -2.26. The predicted molar refractivity (Wildman–Crippen MR) is 114 cm³/mol. The molecule has 8 heteroatoms. The Hall–Kier alpha value is -1.93. The molecule has 0 saturated carbocycles. The number of rotatable bonds is 9. The molecule has 28 heavy (non-hydrogen) atoms. The molecule has 0 aliphatic heterocycles. The zero-order valence-electron chi connectivity index (χ0n) is 16.1.